The van der Waals surface area contributed by atoms with Gasteiger partial charge in [-0.25, -0.2) is 0 Å². The van der Waals surface area contributed by atoms with Crippen molar-refractivity contribution in [3.63, 3.8) is 0 Å². The molecule has 1 aromatic carbocycles. The molecule has 1 unspecified atom stereocenters. The van der Waals surface area contributed by atoms with Gasteiger partial charge in [-0.2, -0.15) is 14.7 Å². The number of aryl methyl sites for hydroxylation is 1. The molecule has 0 spiro atoms. The SMILES string of the molecule is Cc1cccc(C=NCc2cc(N3CCOCC3)nc(OCC(O)c3cccc[n+]3[O-])n2)c1. The molecule has 33 heavy (non-hydrogen) atoms. The second-order valence-corrected chi connectivity index (χ2v) is 7.76. The van der Waals surface area contributed by atoms with Crippen LogP contribution in [0, 0.1) is 12.1 Å². The van der Waals surface area contributed by atoms with Gasteiger partial charge >= 0.3 is 6.01 Å². The van der Waals surface area contributed by atoms with Crippen molar-refractivity contribution >= 4 is 12.0 Å². The maximum absolute atomic E-state index is 11.9. The molecule has 1 N–H and O–H groups in total. The van der Waals surface area contributed by atoms with Gasteiger partial charge in [-0.05, 0) is 18.6 Å². The summed E-state index contributed by atoms with van der Waals surface area (Å²) < 4.78 is 11.8. The Morgan fingerprint density at radius 2 is 2.06 bits per heavy atom. The molecular weight excluding hydrogens is 422 g/mol. The van der Waals surface area contributed by atoms with Gasteiger partial charge in [0.15, 0.2) is 12.3 Å². The molecule has 0 aliphatic carbocycles. The summed E-state index contributed by atoms with van der Waals surface area (Å²) in [5, 5.41) is 22.3. The predicted molar refractivity (Wildman–Crippen MR) is 123 cm³/mol. The minimum atomic E-state index is -1.11. The van der Waals surface area contributed by atoms with Crippen molar-refractivity contribution in [1.29, 1.82) is 0 Å². The van der Waals surface area contributed by atoms with Crippen LogP contribution in [0.5, 0.6) is 6.01 Å². The molecule has 1 aliphatic rings. The Bertz CT molecular complexity index is 1100. The van der Waals surface area contributed by atoms with E-state index in [4.69, 9.17) is 9.47 Å². The van der Waals surface area contributed by atoms with E-state index in [1.165, 1.54) is 11.8 Å². The van der Waals surface area contributed by atoms with Crippen LogP contribution in [0.25, 0.3) is 0 Å². The van der Waals surface area contributed by atoms with E-state index in [0.717, 1.165) is 11.4 Å². The van der Waals surface area contributed by atoms with Crippen molar-refractivity contribution in [2.24, 2.45) is 4.99 Å². The number of aliphatic hydroxyl groups excluding tert-OH is 1. The molecule has 4 rings (SSSR count). The Morgan fingerprint density at radius 1 is 1.21 bits per heavy atom. The van der Waals surface area contributed by atoms with E-state index in [1.807, 2.05) is 37.4 Å². The lowest BCUT2D eigenvalue weighted by Crippen LogP contribution is -2.37. The fourth-order valence-electron chi connectivity index (χ4n) is 3.49. The fraction of sp³-hybridized carbons (Fsp3) is 0.333. The molecule has 1 fully saturated rings. The van der Waals surface area contributed by atoms with Crippen LogP contribution < -0.4 is 14.4 Å². The van der Waals surface area contributed by atoms with Crippen LogP contribution in [0.2, 0.25) is 0 Å². The lowest BCUT2D eigenvalue weighted by Gasteiger charge is -2.28. The van der Waals surface area contributed by atoms with Crippen LogP contribution in [0.3, 0.4) is 0 Å². The molecule has 1 saturated heterocycles. The van der Waals surface area contributed by atoms with Crippen molar-refractivity contribution in [1.82, 2.24) is 9.97 Å². The Balaban J connectivity index is 1.50. The van der Waals surface area contributed by atoms with Crippen molar-refractivity contribution in [3.05, 3.63) is 82.4 Å². The predicted octanol–water partition coefficient (Wildman–Crippen LogP) is 1.99. The van der Waals surface area contributed by atoms with Crippen LogP contribution in [0.1, 0.15) is 28.6 Å². The summed E-state index contributed by atoms with van der Waals surface area (Å²) in [6, 6.07) is 15.0. The molecule has 9 heteroatoms. The number of aliphatic imine (C=N–C) groups is 1. The molecule has 1 atom stereocenters. The Labute approximate surface area is 192 Å². The lowest BCUT2D eigenvalue weighted by molar-refractivity contribution is -0.618. The highest BCUT2D eigenvalue weighted by Crippen LogP contribution is 2.19. The largest absolute Gasteiger partial charge is 0.618 e. The monoisotopic (exact) mass is 449 g/mol. The maximum atomic E-state index is 11.9. The number of hydrogen-bond acceptors (Lipinski definition) is 8. The summed E-state index contributed by atoms with van der Waals surface area (Å²) in [7, 11) is 0. The van der Waals surface area contributed by atoms with Crippen molar-refractivity contribution in [2.45, 2.75) is 19.6 Å². The normalized spacial score (nSPS) is 15.0. The van der Waals surface area contributed by atoms with Crippen LogP contribution in [0.15, 0.2) is 59.7 Å². The van der Waals surface area contributed by atoms with Gasteiger partial charge in [0.1, 0.15) is 12.4 Å². The first-order valence-corrected chi connectivity index (χ1v) is 10.8. The zero-order valence-electron chi connectivity index (χ0n) is 18.5. The highest BCUT2D eigenvalue weighted by molar-refractivity contribution is 5.79. The average molecular weight is 450 g/mol. The number of hydrogen-bond donors (Lipinski definition) is 1. The minimum Gasteiger partial charge on any atom is -0.618 e. The first-order chi connectivity index (χ1) is 16.1. The van der Waals surface area contributed by atoms with E-state index in [9.17, 15) is 10.3 Å². The Kier molecular flexibility index (Phi) is 7.43. The van der Waals surface area contributed by atoms with E-state index in [-0.39, 0.29) is 18.3 Å². The average Bonchev–Trinajstić information content (AvgIpc) is 2.83. The van der Waals surface area contributed by atoms with Gasteiger partial charge in [0.25, 0.3) is 0 Å². The minimum absolute atomic E-state index is 0.132. The number of aromatic nitrogens is 3. The third-order valence-electron chi connectivity index (χ3n) is 5.18. The molecule has 2 aromatic heterocycles. The summed E-state index contributed by atoms with van der Waals surface area (Å²) in [4.78, 5) is 15.6. The Morgan fingerprint density at radius 3 is 2.85 bits per heavy atom. The van der Waals surface area contributed by atoms with Gasteiger partial charge in [-0.15, -0.1) is 0 Å². The first kappa shape index (κ1) is 22.6. The van der Waals surface area contributed by atoms with Crippen molar-refractivity contribution < 1.29 is 19.3 Å². The molecule has 0 radical (unpaired) electrons. The number of anilines is 1. The molecule has 0 saturated carbocycles. The number of benzene rings is 1. The van der Waals surface area contributed by atoms with E-state index in [1.54, 1.807) is 18.2 Å². The van der Waals surface area contributed by atoms with Gasteiger partial charge in [-0.1, -0.05) is 29.8 Å². The van der Waals surface area contributed by atoms with Crippen molar-refractivity contribution in [2.75, 3.05) is 37.8 Å². The maximum Gasteiger partial charge on any atom is 0.318 e. The summed E-state index contributed by atoms with van der Waals surface area (Å²) in [6.45, 7) is 4.92. The topological polar surface area (TPSA) is 107 Å². The van der Waals surface area contributed by atoms with Crippen LogP contribution in [-0.4, -0.2) is 54.2 Å². The Hall–Kier alpha value is -3.56. The van der Waals surface area contributed by atoms with Crippen LogP contribution in [0.4, 0.5) is 5.82 Å². The quantitative estimate of drug-likeness (QED) is 0.318. The summed E-state index contributed by atoms with van der Waals surface area (Å²) in [6.07, 6.45) is 2.04. The van der Waals surface area contributed by atoms with Gasteiger partial charge in [0.2, 0.25) is 5.69 Å². The molecule has 1 aliphatic heterocycles. The molecule has 172 valence electrons. The fourth-order valence-corrected chi connectivity index (χ4v) is 3.49. The zero-order chi connectivity index (χ0) is 23.0. The molecule has 3 heterocycles. The third-order valence-corrected chi connectivity index (χ3v) is 5.18. The number of aliphatic hydroxyl groups is 1. The van der Waals surface area contributed by atoms with Gasteiger partial charge in [0, 0.05) is 37.5 Å². The van der Waals surface area contributed by atoms with E-state index in [0.29, 0.717) is 43.3 Å². The standard InChI is InChI=1S/C24H27N5O4/c1-18-5-4-6-19(13-18)15-25-16-20-14-23(28-9-11-32-12-10-28)27-24(26-20)33-17-22(30)21-7-2-3-8-29(21)31/h2-8,13-15,22,30H,9-12,16-17H2,1H3. The van der Waals surface area contributed by atoms with Crippen molar-refractivity contribution in [3.8, 4) is 6.01 Å². The first-order valence-electron chi connectivity index (χ1n) is 10.8. The molecular formula is C24H27N5O4. The smallest absolute Gasteiger partial charge is 0.318 e. The number of morpholine rings is 1. The lowest BCUT2D eigenvalue weighted by atomic mass is 10.1. The third kappa shape index (κ3) is 6.24. The number of nitrogens with zero attached hydrogens (tertiary/aromatic N) is 5. The van der Waals surface area contributed by atoms with Gasteiger partial charge < -0.3 is 24.7 Å². The van der Waals surface area contributed by atoms with E-state index in [2.05, 4.69) is 25.9 Å². The molecule has 0 amide bonds. The van der Waals surface area contributed by atoms with E-state index >= 15 is 0 Å². The summed E-state index contributed by atoms with van der Waals surface area (Å²) in [5.74, 6) is 0.720. The second-order valence-electron chi connectivity index (χ2n) is 7.76. The summed E-state index contributed by atoms with van der Waals surface area (Å²) in [5.41, 5.74) is 3.08. The van der Waals surface area contributed by atoms with E-state index < -0.39 is 6.10 Å². The second kappa shape index (κ2) is 10.8. The van der Waals surface area contributed by atoms with Crippen LogP contribution >= 0.6 is 0 Å². The number of pyridine rings is 1. The number of rotatable bonds is 8. The molecule has 0 bridgehead atoms. The summed E-state index contributed by atoms with van der Waals surface area (Å²) >= 11 is 0. The highest BCUT2D eigenvalue weighted by atomic mass is 16.5. The number of ether oxygens (including phenoxy) is 2. The highest BCUT2D eigenvalue weighted by Gasteiger charge is 2.19. The molecule has 9 nitrogen and oxygen atoms in total. The molecule has 3 aromatic rings. The van der Waals surface area contributed by atoms with Crippen LogP contribution in [-0.2, 0) is 11.3 Å². The van der Waals surface area contributed by atoms with Gasteiger partial charge in [-0.3, -0.25) is 4.99 Å². The zero-order valence-corrected chi connectivity index (χ0v) is 18.5. The van der Waals surface area contributed by atoms with Gasteiger partial charge in [0.05, 0.1) is 25.5 Å².